The van der Waals surface area contributed by atoms with Crippen LogP contribution in [0.2, 0.25) is 0 Å². The van der Waals surface area contributed by atoms with Crippen LogP contribution < -0.4 is 19.7 Å². The summed E-state index contributed by atoms with van der Waals surface area (Å²) in [5.41, 5.74) is 1.91. The van der Waals surface area contributed by atoms with E-state index < -0.39 is 0 Å². The SMILES string of the molecule is CC(C)Oc1nc2sc(=Cc3ccc(N(C)C)cc3)c(=O)n2n1. The van der Waals surface area contributed by atoms with Gasteiger partial charge in [-0.2, -0.15) is 9.50 Å². The zero-order valence-corrected chi connectivity index (χ0v) is 14.3. The number of hydrogen-bond donors (Lipinski definition) is 0. The molecule has 0 saturated heterocycles. The second-order valence-corrected chi connectivity index (χ2v) is 6.67. The third kappa shape index (κ3) is 3.19. The van der Waals surface area contributed by atoms with Crippen molar-refractivity contribution in [2.24, 2.45) is 0 Å². The Hall–Kier alpha value is -2.41. The molecule has 0 aliphatic carbocycles. The molecule has 0 atom stereocenters. The molecule has 2 aromatic heterocycles. The number of nitrogens with zero attached hydrogens (tertiary/aromatic N) is 4. The van der Waals surface area contributed by atoms with Crippen LogP contribution in [0.15, 0.2) is 29.1 Å². The molecule has 0 bridgehead atoms. The highest BCUT2D eigenvalue weighted by atomic mass is 32.1. The van der Waals surface area contributed by atoms with Crippen molar-refractivity contribution in [2.75, 3.05) is 19.0 Å². The molecule has 0 unspecified atom stereocenters. The highest BCUT2D eigenvalue weighted by Crippen LogP contribution is 2.13. The average Bonchev–Trinajstić information content (AvgIpc) is 2.99. The molecular formula is C16H18N4O2S. The topological polar surface area (TPSA) is 59.7 Å². The lowest BCUT2D eigenvalue weighted by Gasteiger charge is -2.11. The van der Waals surface area contributed by atoms with E-state index in [1.807, 2.05) is 63.2 Å². The molecule has 23 heavy (non-hydrogen) atoms. The summed E-state index contributed by atoms with van der Waals surface area (Å²) in [6.07, 6.45) is 1.83. The number of fused-ring (bicyclic) bond motifs is 1. The van der Waals surface area contributed by atoms with Crippen molar-refractivity contribution in [1.29, 1.82) is 0 Å². The van der Waals surface area contributed by atoms with Crippen LogP contribution in [0, 0.1) is 0 Å². The maximum Gasteiger partial charge on any atom is 0.337 e. The number of thiazole rings is 1. The first kappa shape index (κ1) is 15.5. The van der Waals surface area contributed by atoms with Gasteiger partial charge in [0, 0.05) is 19.8 Å². The molecular weight excluding hydrogens is 312 g/mol. The molecule has 0 N–H and O–H groups in total. The summed E-state index contributed by atoms with van der Waals surface area (Å²) in [7, 11) is 3.98. The zero-order chi connectivity index (χ0) is 16.6. The lowest BCUT2D eigenvalue weighted by atomic mass is 10.2. The minimum absolute atomic E-state index is 0.0246. The Kier molecular flexibility index (Phi) is 4.04. The Labute approximate surface area is 137 Å². The number of aromatic nitrogens is 3. The predicted octanol–water partition coefficient (Wildman–Crippen LogP) is 1.55. The summed E-state index contributed by atoms with van der Waals surface area (Å²) in [5, 5.41) is 4.11. The quantitative estimate of drug-likeness (QED) is 0.726. The van der Waals surface area contributed by atoms with Gasteiger partial charge in [0.05, 0.1) is 10.6 Å². The van der Waals surface area contributed by atoms with E-state index in [9.17, 15) is 4.79 Å². The summed E-state index contributed by atoms with van der Waals surface area (Å²) in [5.74, 6) is 0. The lowest BCUT2D eigenvalue weighted by Crippen LogP contribution is -2.23. The lowest BCUT2D eigenvalue weighted by molar-refractivity contribution is 0.222. The van der Waals surface area contributed by atoms with Gasteiger partial charge in [-0.1, -0.05) is 23.5 Å². The van der Waals surface area contributed by atoms with Crippen molar-refractivity contribution >= 4 is 28.1 Å². The fourth-order valence-electron chi connectivity index (χ4n) is 2.10. The van der Waals surface area contributed by atoms with Crippen LogP contribution in [0.1, 0.15) is 19.4 Å². The van der Waals surface area contributed by atoms with Gasteiger partial charge in [-0.05, 0) is 37.6 Å². The van der Waals surface area contributed by atoms with Crippen LogP contribution in [-0.2, 0) is 0 Å². The normalized spacial score (nSPS) is 12.3. The second kappa shape index (κ2) is 6.00. The molecule has 0 spiro atoms. The van der Waals surface area contributed by atoms with Gasteiger partial charge in [0.25, 0.3) is 5.56 Å². The molecule has 120 valence electrons. The minimum Gasteiger partial charge on any atom is -0.460 e. The van der Waals surface area contributed by atoms with E-state index in [4.69, 9.17) is 4.74 Å². The Morgan fingerprint density at radius 3 is 2.52 bits per heavy atom. The number of rotatable bonds is 4. The number of anilines is 1. The monoisotopic (exact) mass is 330 g/mol. The van der Waals surface area contributed by atoms with Gasteiger partial charge >= 0.3 is 6.01 Å². The average molecular weight is 330 g/mol. The van der Waals surface area contributed by atoms with E-state index in [1.165, 1.54) is 15.9 Å². The van der Waals surface area contributed by atoms with Gasteiger partial charge < -0.3 is 9.64 Å². The highest BCUT2D eigenvalue weighted by molar-refractivity contribution is 7.15. The number of benzene rings is 1. The summed E-state index contributed by atoms with van der Waals surface area (Å²) < 4.78 is 7.32. The summed E-state index contributed by atoms with van der Waals surface area (Å²) in [6.45, 7) is 3.79. The molecule has 3 rings (SSSR count). The predicted molar refractivity (Wildman–Crippen MR) is 92.5 cm³/mol. The Bertz CT molecular complexity index is 926. The molecule has 0 saturated carbocycles. The molecule has 0 amide bonds. The maximum atomic E-state index is 12.4. The van der Waals surface area contributed by atoms with E-state index in [0.29, 0.717) is 9.49 Å². The third-order valence-electron chi connectivity index (χ3n) is 3.21. The Balaban J connectivity index is 1.97. The molecule has 3 aromatic rings. The van der Waals surface area contributed by atoms with E-state index in [0.717, 1.165) is 11.3 Å². The van der Waals surface area contributed by atoms with Gasteiger partial charge in [0.2, 0.25) is 4.96 Å². The molecule has 0 fully saturated rings. The smallest absolute Gasteiger partial charge is 0.337 e. The van der Waals surface area contributed by atoms with Crippen molar-refractivity contribution in [3.05, 3.63) is 44.7 Å². The van der Waals surface area contributed by atoms with Crippen LogP contribution in [0.5, 0.6) is 6.01 Å². The first-order valence-corrected chi connectivity index (χ1v) is 8.11. The van der Waals surface area contributed by atoms with Crippen LogP contribution in [0.25, 0.3) is 11.0 Å². The van der Waals surface area contributed by atoms with Crippen molar-refractivity contribution in [2.45, 2.75) is 20.0 Å². The number of hydrogen-bond acceptors (Lipinski definition) is 6. The number of ether oxygens (including phenoxy) is 1. The molecule has 6 nitrogen and oxygen atoms in total. The Morgan fingerprint density at radius 2 is 1.96 bits per heavy atom. The van der Waals surface area contributed by atoms with Gasteiger partial charge in [0.15, 0.2) is 0 Å². The van der Waals surface area contributed by atoms with E-state index in [-0.39, 0.29) is 17.7 Å². The van der Waals surface area contributed by atoms with Crippen molar-refractivity contribution in [3.8, 4) is 6.01 Å². The standard InChI is InChI=1S/C16H18N4O2S/c1-10(2)22-15-17-16-20(18-15)14(21)13(23-16)9-11-5-7-12(8-6-11)19(3)4/h5-10H,1-4H3. The van der Waals surface area contributed by atoms with Crippen LogP contribution in [-0.4, -0.2) is 34.8 Å². The first-order valence-electron chi connectivity index (χ1n) is 7.29. The molecule has 0 aliphatic rings. The fraction of sp³-hybridized carbons (Fsp3) is 0.312. The molecule has 1 aromatic carbocycles. The van der Waals surface area contributed by atoms with Crippen molar-refractivity contribution in [1.82, 2.24) is 14.6 Å². The van der Waals surface area contributed by atoms with E-state index in [1.54, 1.807) is 0 Å². The highest BCUT2D eigenvalue weighted by Gasteiger charge is 2.12. The van der Waals surface area contributed by atoms with E-state index in [2.05, 4.69) is 10.1 Å². The van der Waals surface area contributed by atoms with Crippen LogP contribution in [0.4, 0.5) is 5.69 Å². The second-order valence-electron chi connectivity index (χ2n) is 5.66. The summed E-state index contributed by atoms with van der Waals surface area (Å²) in [6, 6.07) is 8.24. The molecule has 2 heterocycles. The molecule has 0 aliphatic heterocycles. The van der Waals surface area contributed by atoms with Crippen molar-refractivity contribution in [3.63, 3.8) is 0 Å². The van der Waals surface area contributed by atoms with E-state index >= 15 is 0 Å². The van der Waals surface area contributed by atoms with Crippen LogP contribution >= 0.6 is 11.3 Å². The first-order chi connectivity index (χ1) is 10.9. The largest absolute Gasteiger partial charge is 0.460 e. The van der Waals surface area contributed by atoms with Gasteiger partial charge in [-0.25, -0.2) is 0 Å². The fourth-order valence-corrected chi connectivity index (χ4v) is 3.00. The van der Waals surface area contributed by atoms with Gasteiger partial charge in [-0.3, -0.25) is 4.79 Å². The van der Waals surface area contributed by atoms with Crippen LogP contribution in [0.3, 0.4) is 0 Å². The zero-order valence-electron chi connectivity index (χ0n) is 13.5. The maximum absolute atomic E-state index is 12.4. The third-order valence-corrected chi connectivity index (χ3v) is 4.17. The van der Waals surface area contributed by atoms with Crippen molar-refractivity contribution < 1.29 is 4.74 Å². The van der Waals surface area contributed by atoms with Gasteiger partial charge in [0.1, 0.15) is 0 Å². The summed E-state index contributed by atoms with van der Waals surface area (Å²) >= 11 is 1.31. The molecule has 7 heteroatoms. The summed E-state index contributed by atoms with van der Waals surface area (Å²) in [4.78, 5) is 19.2. The Morgan fingerprint density at radius 1 is 1.26 bits per heavy atom. The van der Waals surface area contributed by atoms with Gasteiger partial charge in [-0.15, -0.1) is 5.10 Å². The minimum atomic E-state index is -0.173. The molecule has 0 radical (unpaired) electrons.